The van der Waals surface area contributed by atoms with Crippen molar-refractivity contribution in [3.8, 4) is 23.3 Å². The highest BCUT2D eigenvalue weighted by atomic mass is 16.5. The lowest BCUT2D eigenvalue weighted by Crippen LogP contribution is -2.28. The molecule has 9 heteroatoms. The lowest BCUT2D eigenvalue weighted by molar-refractivity contribution is 0.354. The predicted molar refractivity (Wildman–Crippen MR) is 105 cm³/mol. The smallest absolute Gasteiger partial charge is 0.257 e. The van der Waals surface area contributed by atoms with Crippen molar-refractivity contribution >= 4 is 11.0 Å². The third kappa shape index (κ3) is 2.61. The van der Waals surface area contributed by atoms with Crippen LogP contribution in [0.5, 0.6) is 17.2 Å². The summed E-state index contributed by atoms with van der Waals surface area (Å²) in [5, 5.41) is 14.8. The number of allylic oxidation sites excluding steroid dienone is 1. The second kappa shape index (κ2) is 6.60. The first kappa shape index (κ1) is 18.4. The summed E-state index contributed by atoms with van der Waals surface area (Å²) in [5.41, 5.74) is 8.01. The van der Waals surface area contributed by atoms with Crippen LogP contribution in [0.15, 0.2) is 34.4 Å². The Kier molecular flexibility index (Phi) is 4.19. The Labute approximate surface area is 165 Å². The molecule has 0 fully saturated rings. The monoisotopic (exact) mass is 393 g/mol. The predicted octanol–water partition coefficient (Wildman–Crippen LogP) is 1.81. The second-order valence-corrected chi connectivity index (χ2v) is 6.67. The average molecular weight is 393 g/mol. The van der Waals surface area contributed by atoms with E-state index in [-0.39, 0.29) is 17.0 Å². The zero-order valence-corrected chi connectivity index (χ0v) is 16.4. The first-order valence-corrected chi connectivity index (χ1v) is 8.80. The molecule has 9 nitrogen and oxygen atoms in total. The van der Waals surface area contributed by atoms with Gasteiger partial charge >= 0.3 is 0 Å². The fraction of sp³-hybridized carbons (Fsp3) is 0.250. The van der Waals surface area contributed by atoms with Gasteiger partial charge in [-0.3, -0.25) is 9.48 Å². The number of hydrogen-bond acceptors (Lipinski definition) is 7. The van der Waals surface area contributed by atoms with Gasteiger partial charge in [0.15, 0.2) is 17.2 Å². The van der Waals surface area contributed by atoms with Crippen molar-refractivity contribution in [2.75, 3.05) is 14.2 Å². The highest BCUT2D eigenvalue weighted by Crippen LogP contribution is 2.45. The van der Waals surface area contributed by atoms with Gasteiger partial charge in [0.25, 0.3) is 5.56 Å². The molecule has 2 aromatic heterocycles. The number of nitrogens with zero attached hydrogens (tertiary/aromatic N) is 3. The third-order valence-electron chi connectivity index (χ3n) is 5.09. The molecule has 0 amide bonds. The Morgan fingerprint density at radius 2 is 2.03 bits per heavy atom. The topological polar surface area (TPSA) is 128 Å². The fourth-order valence-electron chi connectivity index (χ4n) is 3.79. The minimum Gasteiger partial charge on any atom is -0.493 e. The number of nitriles is 1. The molecular formula is C20H19N5O4. The zero-order valence-electron chi connectivity index (χ0n) is 16.4. The van der Waals surface area contributed by atoms with E-state index < -0.39 is 5.92 Å². The van der Waals surface area contributed by atoms with Gasteiger partial charge in [-0.05, 0) is 24.6 Å². The Morgan fingerprint density at radius 1 is 1.31 bits per heavy atom. The lowest BCUT2D eigenvalue weighted by atomic mass is 9.83. The number of aromatic nitrogens is 3. The minimum absolute atomic E-state index is 0.0464. The van der Waals surface area contributed by atoms with Crippen LogP contribution >= 0.6 is 0 Å². The molecule has 0 radical (unpaired) electrons. The van der Waals surface area contributed by atoms with Crippen LogP contribution in [0, 0.1) is 18.3 Å². The summed E-state index contributed by atoms with van der Waals surface area (Å²) in [6.07, 6.45) is 0. The number of benzene rings is 1. The molecule has 1 atom stereocenters. The van der Waals surface area contributed by atoms with E-state index >= 15 is 0 Å². The molecule has 3 heterocycles. The molecule has 148 valence electrons. The Morgan fingerprint density at radius 3 is 2.69 bits per heavy atom. The van der Waals surface area contributed by atoms with Crippen molar-refractivity contribution in [3.63, 3.8) is 0 Å². The van der Waals surface area contributed by atoms with Gasteiger partial charge in [0.1, 0.15) is 17.3 Å². The summed E-state index contributed by atoms with van der Waals surface area (Å²) in [7, 11) is 4.78. The van der Waals surface area contributed by atoms with E-state index in [0.29, 0.717) is 45.1 Å². The number of hydrogen-bond donors (Lipinski definition) is 2. The minimum atomic E-state index is -0.726. The van der Waals surface area contributed by atoms with Gasteiger partial charge in [-0.2, -0.15) is 10.4 Å². The van der Waals surface area contributed by atoms with Crippen molar-refractivity contribution in [1.29, 1.82) is 5.26 Å². The fourth-order valence-corrected chi connectivity index (χ4v) is 3.79. The number of rotatable bonds is 3. The van der Waals surface area contributed by atoms with Crippen LogP contribution in [0.4, 0.5) is 0 Å². The quantitative estimate of drug-likeness (QED) is 0.694. The maximum absolute atomic E-state index is 13.1. The molecule has 0 saturated heterocycles. The molecule has 1 aliphatic heterocycles. The standard InChI is InChI=1S/C20H19N5O4/c1-9-14-17-16(20(26)23-19(14)25(2)24-9)15(11(8-21)18(22)29-17)10-5-6-12(27-3)13(7-10)28-4/h5-7,15H,22H2,1-4H3,(H,23,26). The summed E-state index contributed by atoms with van der Waals surface area (Å²) in [6.45, 7) is 1.81. The zero-order chi connectivity index (χ0) is 20.9. The van der Waals surface area contributed by atoms with Crippen LogP contribution in [0.25, 0.3) is 11.0 Å². The normalized spacial score (nSPS) is 15.6. The second-order valence-electron chi connectivity index (χ2n) is 6.67. The van der Waals surface area contributed by atoms with E-state index in [0.717, 1.165) is 0 Å². The first-order chi connectivity index (χ1) is 13.9. The molecular weight excluding hydrogens is 374 g/mol. The van der Waals surface area contributed by atoms with Crippen molar-refractivity contribution < 1.29 is 14.2 Å². The molecule has 1 aliphatic rings. The Balaban J connectivity index is 2.07. The van der Waals surface area contributed by atoms with Crippen molar-refractivity contribution in [2.45, 2.75) is 12.8 Å². The number of nitrogens with one attached hydrogen (secondary N) is 1. The number of pyridine rings is 1. The van der Waals surface area contributed by atoms with Crippen LogP contribution in [-0.2, 0) is 7.05 Å². The van der Waals surface area contributed by atoms with E-state index in [9.17, 15) is 10.1 Å². The van der Waals surface area contributed by atoms with Crippen molar-refractivity contribution in [3.05, 3.63) is 56.8 Å². The van der Waals surface area contributed by atoms with Gasteiger partial charge in [0.2, 0.25) is 5.88 Å². The number of aryl methyl sites for hydroxylation is 2. The summed E-state index contributed by atoms with van der Waals surface area (Å²) in [5.74, 6) is 0.548. The summed E-state index contributed by atoms with van der Waals surface area (Å²) < 4.78 is 18.0. The third-order valence-corrected chi connectivity index (χ3v) is 5.09. The summed E-state index contributed by atoms with van der Waals surface area (Å²) >= 11 is 0. The summed E-state index contributed by atoms with van der Waals surface area (Å²) in [6, 6.07) is 7.30. The Hall–Kier alpha value is -3.93. The molecule has 29 heavy (non-hydrogen) atoms. The number of aromatic amines is 1. The van der Waals surface area contributed by atoms with Crippen molar-refractivity contribution in [2.24, 2.45) is 12.8 Å². The maximum Gasteiger partial charge on any atom is 0.257 e. The SMILES string of the molecule is COc1ccc(C2C(C#N)=C(N)Oc3c2c(=O)[nH]c2c3c(C)nn2C)cc1OC. The lowest BCUT2D eigenvalue weighted by Gasteiger charge is -2.26. The van der Waals surface area contributed by atoms with Crippen LogP contribution in [0.2, 0.25) is 0 Å². The molecule has 3 N–H and O–H groups in total. The van der Waals surface area contributed by atoms with Gasteiger partial charge in [-0.1, -0.05) is 6.07 Å². The van der Waals surface area contributed by atoms with Crippen LogP contribution in [0.1, 0.15) is 22.7 Å². The maximum atomic E-state index is 13.1. The molecule has 0 aliphatic carbocycles. The van der Waals surface area contributed by atoms with Crippen LogP contribution < -0.4 is 25.5 Å². The van der Waals surface area contributed by atoms with Crippen LogP contribution in [-0.4, -0.2) is 29.0 Å². The van der Waals surface area contributed by atoms with E-state index in [1.165, 1.54) is 14.2 Å². The van der Waals surface area contributed by atoms with Gasteiger partial charge in [0, 0.05) is 7.05 Å². The molecule has 4 rings (SSSR count). The van der Waals surface area contributed by atoms with Gasteiger partial charge in [-0.15, -0.1) is 0 Å². The number of nitrogens with two attached hydrogens (primary N) is 1. The molecule has 1 aromatic carbocycles. The van der Waals surface area contributed by atoms with Gasteiger partial charge in [-0.25, -0.2) is 0 Å². The largest absolute Gasteiger partial charge is 0.493 e. The number of H-pyrrole nitrogens is 1. The van der Waals surface area contributed by atoms with Gasteiger partial charge in [0.05, 0.1) is 36.8 Å². The van der Waals surface area contributed by atoms with E-state index in [4.69, 9.17) is 19.9 Å². The first-order valence-electron chi connectivity index (χ1n) is 8.80. The van der Waals surface area contributed by atoms with Gasteiger partial charge < -0.3 is 24.9 Å². The molecule has 0 spiro atoms. The number of methoxy groups -OCH3 is 2. The van der Waals surface area contributed by atoms with E-state index in [1.54, 1.807) is 29.9 Å². The highest BCUT2D eigenvalue weighted by molar-refractivity contribution is 5.87. The van der Waals surface area contributed by atoms with Crippen molar-refractivity contribution in [1.82, 2.24) is 14.8 Å². The molecule has 3 aromatic rings. The molecule has 1 unspecified atom stereocenters. The highest BCUT2D eigenvalue weighted by Gasteiger charge is 2.36. The number of fused-ring (bicyclic) bond motifs is 3. The summed E-state index contributed by atoms with van der Waals surface area (Å²) in [4.78, 5) is 15.9. The average Bonchev–Trinajstić information content (AvgIpc) is 2.99. The Bertz CT molecular complexity index is 1280. The number of ether oxygens (including phenoxy) is 3. The van der Waals surface area contributed by atoms with E-state index in [2.05, 4.69) is 16.2 Å². The van der Waals surface area contributed by atoms with Crippen LogP contribution in [0.3, 0.4) is 0 Å². The van der Waals surface area contributed by atoms with E-state index in [1.807, 2.05) is 6.92 Å². The molecule has 0 saturated carbocycles. The molecule has 0 bridgehead atoms.